The Hall–Kier alpha value is -1.31. The second-order valence-corrected chi connectivity index (χ2v) is 6.58. The van der Waals surface area contributed by atoms with Gasteiger partial charge in [0.25, 0.3) is 0 Å². The molecule has 0 aliphatic heterocycles. The summed E-state index contributed by atoms with van der Waals surface area (Å²) in [6, 6.07) is 3.76. The van der Waals surface area contributed by atoms with Crippen LogP contribution in [0.1, 0.15) is 56.1 Å². The number of rotatable bonds is 6. The Morgan fingerprint density at radius 2 is 1.95 bits per heavy atom. The third-order valence-corrected chi connectivity index (χ3v) is 4.82. The first-order valence-corrected chi connectivity index (χ1v) is 8.34. The molecule has 0 spiro atoms. The molecule has 3 rings (SSSR count). The van der Waals surface area contributed by atoms with Gasteiger partial charge in [0.2, 0.25) is 0 Å². The minimum atomic E-state index is -0.195. The normalized spacial score (nSPS) is 19.5. The quantitative estimate of drug-likeness (QED) is 0.670. The van der Waals surface area contributed by atoms with Crippen molar-refractivity contribution >= 4 is 6.08 Å². The van der Waals surface area contributed by atoms with E-state index in [0.717, 1.165) is 17.9 Å². The number of ether oxygens (including phenoxy) is 1. The Morgan fingerprint density at radius 3 is 2.67 bits per heavy atom. The summed E-state index contributed by atoms with van der Waals surface area (Å²) in [4.78, 5) is 0. The molecule has 2 saturated carbocycles. The molecule has 2 fully saturated rings. The van der Waals surface area contributed by atoms with Gasteiger partial charge in [-0.15, -0.1) is 0 Å². The minimum absolute atomic E-state index is 0.195. The van der Waals surface area contributed by atoms with Crippen LogP contribution in [0.15, 0.2) is 18.2 Å². The maximum atomic E-state index is 14.3. The van der Waals surface area contributed by atoms with Gasteiger partial charge in [0.05, 0.1) is 6.61 Å². The second-order valence-electron chi connectivity index (χ2n) is 6.58. The van der Waals surface area contributed by atoms with E-state index in [1.54, 1.807) is 6.07 Å². The molecule has 0 saturated heterocycles. The lowest BCUT2D eigenvalue weighted by atomic mass is 10.0. The van der Waals surface area contributed by atoms with E-state index < -0.39 is 0 Å². The van der Waals surface area contributed by atoms with Crippen LogP contribution < -0.4 is 4.74 Å². The third-order valence-electron chi connectivity index (χ3n) is 4.82. The monoisotopic (exact) mass is 288 g/mol. The molecule has 21 heavy (non-hydrogen) atoms. The van der Waals surface area contributed by atoms with Gasteiger partial charge in [-0.1, -0.05) is 43.9 Å². The molecule has 114 valence electrons. The van der Waals surface area contributed by atoms with E-state index in [1.807, 2.05) is 13.0 Å². The van der Waals surface area contributed by atoms with E-state index in [2.05, 4.69) is 12.2 Å². The van der Waals surface area contributed by atoms with Crippen LogP contribution in [0.25, 0.3) is 6.08 Å². The number of hydrogen-bond acceptors (Lipinski definition) is 1. The van der Waals surface area contributed by atoms with Crippen LogP contribution in [-0.4, -0.2) is 6.61 Å². The molecule has 0 N–H and O–H groups in total. The first kappa shape index (κ1) is 14.6. The Kier molecular flexibility index (Phi) is 4.62. The van der Waals surface area contributed by atoms with Crippen molar-refractivity contribution in [1.82, 2.24) is 0 Å². The van der Waals surface area contributed by atoms with Crippen molar-refractivity contribution in [2.75, 3.05) is 6.61 Å². The van der Waals surface area contributed by atoms with Crippen LogP contribution in [0, 0.1) is 24.6 Å². The molecule has 0 atom stereocenters. The second kappa shape index (κ2) is 6.64. The summed E-state index contributed by atoms with van der Waals surface area (Å²) in [6.45, 7) is 2.48. The van der Waals surface area contributed by atoms with Crippen molar-refractivity contribution in [2.45, 2.75) is 51.9 Å². The predicted octanol–water partition coefficient (Wildman–Crippen LogP) is 5.52. The van der Waals surface area contributed by atoms with Crippen molar-refractivity contribution in [1.29, 1.82) is 0 Å². The van der Waals surface area contributed by atoms with E-state index in [9.17, 15) is 4.39 Å². The van der Waals surface area contributed by atoms with Crippen molar-refractivity contribution in [3.8, 4) is 5.75 Å². The standard InChI is InChI=1S/C19H25FO/c1-14-17(9-8-15-4-2-3-5-15)10-11-18(19(14)20)21-13-12-16-6-7-16/h8-11,15-16H,2-7,12-13H2,1H3/b9-8+. The maximum Gasteiger partial charge on any atom is 0.168 e. The highest BCUT2D eigenvalue weighted by atomic mass is 19.1. The fraction of sp³-hybridized carbons (Fsp3) is 0.579. The highest BCUT2D eigenvalue weighted by Gasteiger charge is 2.21. The van der Waals surface area contributed by atoms with Crippen LogP contribution >= 0.6 is 0 Å². The molecule has 0 heterocycles. The van der Waals surface area contributed by atoms with Gasteiger partial charge in [0, 0.05) is 0 Å². The fourth-order valence-electron chi connectivity index (χ4n) is 3.10. The molecule has 0 bridgehead atoms. The lowest BCUT2D eigenvalue weighted by molar-refractivity contribution is 0.287. The fourth-order valence-corrected chi connectivity index (χ4v) is 3.10. The molecule has 0 unspecified atom stereocenters. The smallest absolute Gasteiger partial charge is 0.168 e. The zero-order chi connectivity index (χ0) is 14.7. The average Bonchev–Trinajstić information content (AvgIpc) is 3.16. The molecule has 2 heteroatoms. The summed E-state index contributed by atoms with van der Waals surface area (Å²) in [7, 11) is 0. The van der Waals surface area contributed by atoms with Gasteiger partial charge in [-0.2, -0.15) is 0 Å². The zero-order valence-corrected chi connectivity index (χ0v) is 12.9. The molecule has 0 radical (unpaired) electrons. The summed E-state index contributed by atoms with van der Waals surface area (Å²) in [5.41, 5.74) is 1.68. The van der Waals surface area contributed by atoms with Crippen molar-refractivity contribution < 1.29 is 9.13 Å². The van der Waals surface area contributed by atoms with Crippen molar-refractivity contribution in [3.63, 3.8) is 0 Å². The lowest BCUT2D eigenvalue weighted by Gasteiger charge is -2.11. The van der Waals surface area contributed by atoms with Crippen LogP contribution in [-0.2, 0) is 0 Å². The van der Waals surface area contributed by atoms with E-state index >= 15 is 0 Å². The van der Waals surface area contributed by atoms with Gasteiger partial charge in [-0.05, 0) is 55.2 Å². The zero-order valence-electron chi connectivity index (χ0n) is 12.9. The highest BCUT2D eigenvalue weighted by molar-refractivity contribution is 5.56. The number of benzene rings is 1. The first-order chi connectivity index (χ1) is 10.2. The summed E-state index contributed by atoms with van der Waals surface area (Å²) in [6.07, 6.45) is 13.2. The molecule has 0 aromatic heterocycles. The van der Waals surface area contributed by atoms with Crippen LogP contribution in [0.3, 0.4) is 0 Å². The number of halogens is 1. The first-order valence-electron chi connectivity index (χ1n) is 8.34. The molecule has 1 aromatic carbocycles. The van der Waals surface area contributed by atoms with Gasteiger partial charge in [-0.3, -0.25) is 0 Å². The van der Waals surface area contributed by atoms with Crippen LogP contribution in [0.5, 0.6) is 5.75 Å². The average molecular weight is 288 g/mol. The molecular formula is C19H25FO. The molecule has 1 nitrogen and oxygen atoms in total. The van der Waals surface area contributed by atoms with Crippen LogP contribution in [0.4, 0.5) is 4.39 Å². The highest BCUT2D eigenvalue weighted by Crippen LogP contribution is 2.33. The Morgan fingerprint density at radius 1 is 1.19 bits per heavy atom. The van der Waals surface area contributed by atoms with Gasteiger partial charge < -0.3 is 4.74 Å². The van der Waals surface area contributed by atoms with E-state index in [0.29, 0.717) is 23.8 Å². The van der Waals surface area contributed by atoms with Gasteiger partial charge in [0.15, 0.2) is 11.6 Å². The SMILES string of the molecule is Cc1c(/C=C/C2CCCC2)ccc(OCCC2CC2)c1F. The minimum Gasteiger partial charge on any atom is -0.490 e. The Bertz CT molecular complexity index is 511. The molecule has 1 aromatic rings. The Balaban J connectivity index is 1.63. The maximum absolute atomic E-state index is 14.3. The van der Waals surface area contributed by atoms with Crippen molar-refractivity contribution in [3.05, 3.63) is 35.2 Å². The summed E-state index contributed by atoms with van der Waals surface area (Å²) in [5, 5.41) is 0. The topological polar surface area (TPSA) is 9.23 Å². The molecule has 2 aliphatic rings. The molecular weight excluding hydrogens is 263 g/mol. The molecule has 2 aliphatic carbocycles. The van der Waals surface area contributed by atoms with Gasteiger partial charge in [0.1, 0.15) is 0 Å². The van der Waals surface area contributed by atoms with E-state index in [1.165, 1.54) is 38.5 Å². The molecule has 0 amide bonds. The summed E-state index contributed by atoms with van der Waals surface area (Å²) >= 11 is 0. The number of allylic oxidation sites excluding steroid dienone is 1. The lowest BCUT2D eigenvalue weighted by Crippen LogP contribution is -2.02. The summed E-state index contributed by atoms with van der Waals surface area (Å²) < 4.78 is 19.9. The van der Waals surface area contributed by atoms with E-state index in [-0.39, 0.29) is 5.82 Å². The number of hydrogen-bond donors (Lipinski definition) is 0. The predicted molar refractivity (Wildman–Crippen MR) is 85.0 cm³/mol. The van der Waals surface area contributed by atoms with Crippen molar-refractivity contribution in [2.24, 2.45) is 11.8 Å². The van der Waals surface area contributed by atoms with E-state index in [4.69, 9.17) is 4.74 Å². The summed E-state index contributed by atoms with van der Waals surface area (Å²) in [5.74, 6) is 1.72. The third kappa shape index (κ3) is 3.87. The Labute approximate surface area is 127 Å². The van der Waals surface area contributed by atoms with Gasteiger partial charge in [-0.25, -0.2) is 4.39 Å². The van der Waals surface area contributed by atoms with Crippen LogP contribution in [0.2, 0.25) is 0 Å². The largest absolute Gasteiger partial charge is 0.490 e. The van der Waals surface area contributed by atoms with Gasteiger partial charge >= 0.3 is 0 Å².